The minimum atomic E-state index is -5.56. The van der Waals surface area contributed by atoms with Crippen LogP contribution in [0.25, 0.3) is 22.3 Å². The molecule has 7 aliphatic heterocycles. The fraction of sp³-hybridized carbons (Fsp3) is 0.618. The van der Waals surface area contributed by atoms with Gasteiger partial charge in [0.15, 0.2) is 24.0 Å². The van der Waals surface area contributed by atoms with Gasteiger partial charge in [0.2, 0.25) is 41.3 Å². The van der Waals surface area contributed by atoms with Crippen LogP contribution in [0, 0.1) is 56.2 Å². The zero-order valence-electron chi connectivity index (χ0n) is 63.6. The average Bonchev–Trinajstić information content (AvgIpc) is 1.53. The second kappa shape index (κ2) is 33.3. The maximum atomic E-state index is 14.3. The molecule has 20 atom stereocenters. The van der Waals surface area contributed by atoms with Crippen molar-refractivity contribution in [2.24, 2.45) is 83.2 Å². The van der Waals surface area contributed by atoms with Crippen LogP contribution in [0.2, 0.25) is 0 Å². The van der Waals surface area contributed by atoms with Gasteiger partial charge >= 0.3 is 38.1 Å². The van der Waals surface area contributed by atoms with Crippen LogP contribution in [0.15, 0.2) is 73.1 Å². The summed E-state index contributed by atoms with van der Waals surface area (Å²) in [5.74, 6) is -8.41. The third-order valence-electron chi connectivity index (χ3n) is 23.2. The molecule has 7 aliphatic rings. The zero-order chi connectivity index (χ0) is 82.8. The van der Waals surface area contributed by atoms with Gasteiger partial charge in [-0.25, -0.2) is 28.6 Å². The van der Waals surface area contributed by atoms with Crippen molar-refractivity contribution in [2.45, 2.75) is 207 Å². The molecule has 11 rings (SSSR count). The number of amides is 5. The number of primary amides is 4. The standard InChI is InChI=1S/C58H86N16O18P2.C10H13N5O3.Co/c1-25(91-94(87,88)92-93(85,86)89-23-33-45(82)46(83)52(90-33)74-24-67-44-50(74)71-53(65)72-51(44)84)22-66-41(81)16-17-55(6)31(18-38(62)78)49-58(9)57(8,21-40(64)80)30(12-15-37(61)77)43(73-58)27(3)48-56(7,20-39(63)79)28(10-13-35(59)75)32(68-48)19-34-54(4,5)29(11-14-36(60)76)42(69-34)26(2)47(55)70-49;1-4-6(16)7(17)10(18-4)15-3-14-5-8(11)12-2-13-9(5)15;/h19,24-25,28-31,33,45-46,49,52,82-83H,10-18,20-23H2,1-9H3,(H19,59,60,61,62,63,64,65,66,68,69,70,71,72,73,75,76,77,78,79,80,81,84,85,86,87,88);2-4,6-7,10,16-17H,1H3,(H2,11,12,13);/q;;+2/p-1/t25-,28-,29-,30-,31+,33-,45-,46-,49-,52-,55-,56+,57+,58+;4-,6-,7-,10-;/m11./s1. The molecule has 0 saturated carbocycles. The number of aliphatic hydroxyl groups is 4. The summed E-state index contributed by atoms with van der Waals surface area (Å²) < 4.78 is 54.8. The molecule has 45 heteroatoms. The third kappa shape index (κ3) is 17.5. The summed E-state index contributed by atoms with van der Waals surface area (Å²) in [6.07, 6.45) is -7.20. The van der Waals surface area contributed by atoms with E-state index < -0.39 is 188 Å². The predicted octanol–water partition coefficient (Wildman–Crippen LogP) is -1.50. The quantitative estimate of drug-likeness (QED) is 0.0127. The number of aromatic amines is 2. The summed E-state index contributed by atoms with van der Waals surface area (Å²) in [5.41, 5.74) is 32.9. The molecule has 42 nitrogen and oxygen atoms in total. The maximum absolute atomic E-state index is 14.3. The summed E-state index contributed by atoms with van der Waals surface area (Å²) in [4.78, 5) is 139. The van der Waals surface area contributed by atoms with E-state index in [1.54, 1.807) is 53.0 Å². The van der Waals surface area contributed by atoms with Crippen molar-refractivity contribution in [3.63, 3.8) is 0 Å². The van der Waals surface area contributed by atoms with Gasteiger partial charge in [-0.3, -0.25) is 67.3 Å². The molecule has 0 spiro atoms. The third-order valence-corrected chi connectivity index (χ3v) is 26.0. The number of carbonyl (C=O) groups excluding carboxylic acids is 5. The molecule has 0 aliphatic carbocycles. The van der Waals surface area contributed by atoms with E-state index in [-0.39, 0.29) is 110 Å². The van der Waals surface area contributed by atoms with Crippen LogP contribution in [-0.2, 0) is 72.7 Å². The Kier molecular flexibility index (Phi) is 26.0. The van der Waals surface area contributed by atoms with Crippen LogP contribution in [0.1, 0.15) is 152 Å². The van der Waals surface area contributed by atoms with E-state index in [4.69, 9.17) is 78.7 Å². The molecule has 8 bridgehead atoms. The van der Waals surface area contributed by atoms with Gasteiger partial charge in [0.25, 0.3) is 11.5 Å². The minimum Gasteiger partial charge on any atom is -0.862 e. The number of allylic oxidation sites excluding steroid dienone is 6. The van der Waals surface area contributed by atoms with Gasteiger partial charge in [-0.1, -0.05) is 39.6 Å². The van der Waals surface area contributed by atoms with Crippen molar-refractivity contribution in [3.8, 4) is 0 Å². The van der Waals surface area contributed by atoms with Gasteiger partial charge in [-0.05, 0) is 102 Å². The first-order chi connectivity index (χ1) is 52.1. The molecule has 11 heterocycles. The van der Waals surface area contributed by atoms with Crippen LogP contribution in [-0.4, -0.2) is 191 Å². The van der Waals surface area contributed by atoms with Crippen LogP contribution in [0.5, 0.6) is 0 Å². The number of carbonyl (C=O) groups is 5. The van der Waals surface area contributed by atoms with Crippen molar-refractivity contribution < 1.29 is 118 Å². The van der Waals surface area contributed by atoms with Crippen molar-refractivity contribution in [3.05, 3.63) is 63.6 Å². The largest absolute Gasteiger partial charge is 2.00 e. The average molecular weight is 1670 g/mol. The Bertz CT molecular complexity index is 4810. The van der Waals surface area contributed by atoms with Crippen LogP contribution < -0.4 is 65.4 Å². The molecular formula is C68H98CoN21O21P2+. The fourth-order valence-electron chi connectivity index (χ4n) is 17.3. The Labute approximate surface area is 657 Å². The normalized spacial score (nSPS) is 31.6. The number of aliphatic hydroxyl groups excluding tert-OH is 4. The summed E-state index contributed by atoms with van der Waals surface area (Å²) in [5, 5.41) is 88.5. The number of hydrogen-bond acceptors (Lipinski definition) is 31. The van der Waals surface area contributed by atoms with Crippen molar-refractivity contribution >= 4 is 108 Å². The Morgan fingerprint density at radius 1 is 0.814 bits per heavy atom. The first-order valence-corrected chi connectivity index (χ1v) is 39.1. The topological polar surface area (TPSA) is 707 Å². The number of imidazole rings is 2. The number of aromatic nitrogens is 8. The predicted molar refractivity (Wildman–Crippen MR) is 395 cm³/mol. The van der Waals surface area contributed by atoms with E-state index in [0.717, 1.165) is 4.57 Å². The number of fused-ring (bicyclic) bond motifs is 8. The number of nitrogens with one attached hydrogen (secondary N) is 6. The van der Waals surface area contributed by atoms with E-state index >= 15 is 0 Å². The monoisotopic (exact) mass is 1670 g/mol. The molecule has 4 aromatic heterocycles. The Balaban J connectivity index is 0.000000669. The number of rotatable bonds is 29. The number of ether oxygens (including phenoxy) is 2. The van der Waals surface area contributed by atoms with E-state index in [1.807, 2.05) is 19.9 Å². The minimum absolute atomic E-state index is 0. The van der Waals surface area contributed by atoms with E-state index in [1.165, 1.54) is 25.9 Å². The first-order valence-electron chi connectivity index (χ1n) is 36.1. The zero-order valence-corrected chi connectivity index (χ0v) is 66.4. The molecule has 619 valence electrons. The van der Waals surface area contributed by atoms with Gasteiger partial charge in [0.1, 0.15) is 42.4 Å². The molecule has 2 unspecified atom stereocenters. The van der Waals surface area contributed by atoms with E-state index in [0.29, 0.717) is 56.5 Å². The molecule has 5 amide bonds. The van der Waals surface area contributed by atoms with Gasteiger partial charge < -0.3 is 106 Å². The Morgan fingerprint density at radius 2 is 1.46 bits per heavy atom. The van der Waals surface area contributed by atoms with Crippen LogP contribution >= 0.6 is 15.6 Å². The summed E-state index contributed by atoms with van der Waals surface area (Å²) in [6, 6.07) is -1.11. The second-order valence-electron chi connectivity index (χ2n) is 31.1. The number of phosphoric acid groups is 2. The molecule has 0 aromatic carbocycles. The van der Waals surface area contributed by atoms with Crippen molar-refractivity contribution in [1.29, 1.82) is 10.8 Å². The Hall–Kier alpha value is -8.65. The number of nitrogen functional groups attached to an aromatic ring is 2. The first kappa shape index (κ1) is 88.3. The molecule has 1 radical (unpaired) electrons. The number of anilines is 2. The van der Waals surface area contributed by atoms with E-state index in [9.17, 15) is 78.3 Å². The van der Waals surface area contributed by atoms with Crippen LogP contribution in [0.3, 0.4) is 0 Å². The number of phosphoric ester groups is 2. The van der Waals surface area contributed by atoms with Crippen molar-refractivity contribution in [1.82, 2.24) is 45.1 Å². The molecular weight excluding hydrogens is 1570 g/mol. The van der Waals surface area contributed by atoms with Gasteiger partial charge in [-0.2, -0.15) is 4.31 Å². The van der Waals surface area contributed by atoms with Gasteiger partial charge in [0.05, 0.1) is 36.7 Å². The number of H-pyrrole nitrogens is 2. The maximum Gasteiger partial charge on any atom is 2.00 e. The number of aliphatic imine (C=N–C) groups is 3. The van der Waals surface area contributed by atoms with Crippen LogP contribution in [0.4, 0.5) is 11.8 Å². The summed E-state index contributed by atoms with van der Waals surface area (Å²) in [7, 11) is -11.1. The second-order valence-corrected chi connectivity index (χ2v) is 34.1. The van der Waals surface area contributed by atoms with Gasteiger partial charge in [0, 0.05) is 118 Å². The van der Waals surface area contributed by atoms with Crippen molar-refractivity contribution in [2.75, 3.05) is 24.6 Å². The molecule has 113 heavy (non-hydrogen) atoms. The molecule has 4 aromatic rings. The smallest absolute Gasteiger partial charge is 0.862 e. The number of hydrogen-bond donors (Lipinski definition) is 18. The fourth-order valence-corrected chi connectivity index (χ4v) is 19.5. The molecule has 3 fully saturated rings. The molecule has 24 N–H and O–H groups in total. The number of nitrogens with zero attached hydrogens (tertiary/aromatic N) is 9. The Morgan fingerprint density at radius 3 is 2.07 bits per heavy atom. The summed E-state index contributed by atoms with van der Waals surface area (Å²) in [6.45, 7) is 15.9. The summed E-state index contributed by atoms with van der Waals surface area (Å²) >= 11 is 0. The van der Waals surface area contributed by atoms with E-state index in [2.05, 4.69) is 44.8 Å². The number of nitrogens with two attached hydrogens (primary N) is 6. The SMILES string of the molecule is CC1=C2N=C(C=C3NC(=C(C)C4=N[C@@](C)([C@@H]5N=C1[C@](C)(CCC(=O)NC[C@@H](C)OP(=O)(O)OP(=O)(O)OC[C@H]1O[C@@H]([n+]6c[nH]c7c(=O)[nH]c(N)nc76)[C@H](O)[C@@H]1O)[C@H]5CC(N)=O)[C@@](C)(CC(N)=O)[C@@H]4CCC(N)=O)[C@@](C)(CC(N)=O)[C@@H]3CCC(=N)[O-])C(C)(C)[C@@H]2CCC(=N)[O-].C[C@H]1O[C@@H](n2cnc3c(N)ncnc32)[C@H](O)[C@@H]1O.[Co+2]. The molecule has 3 saturated heterocycles. The van der Waals surface area contributed by atoms with Gasteiger partial charge in [-0.15, -0.1) is 0 Å².